The van der Waals surface area contributed by atoms with Crippen LogP contribution in [-0.2, 0) is 61.2 Å². The lowest BCUT2D eigenvalue weighted by atomic mass is 9.84. The van der Waals surface area contributed by atoms with E-state index < -0.39 is 156 Å². The Balaban J connectivity index is 1.73. The van der Waals surface area contributed by atoms with Crippen molar-refractivity contribution in [2.45, 2.75) is 407 Å². The molecule has 0 bridgehead atoms. The largest absolute Gasteiger partial charge is 0.472 e. The summed E-state index contributed by atoms with van der Waals surface area (Å²) in [6.07, 6.45) is 14.2. The molecule has 0 spiro atoms. The van der Waals surface area contributed by atoms with Crippen LogP contribution in [0.3, 0.4) is 0 Å². The third-order valence-corrected chi connectivity index (χ3v) is 20.0. The molecule has 3 aliphatic rings. The van der Waals surface area contributed by atoms with Crippen LogP contribution in [0.1, 0.15) is 303 Å². The molecule has 98 heavy (non-hydrogen) atoms. The predicted octanol–water partition coefficient (Wildman–Crippen LogP) is 10.7. The van der Waals surface area contributed by atoms with Crippen molar-refractivity contribution in [1.29, 1.82) is 0 Å². The van der Waals surface area contributed by atoms with Crippen LogP contribution in [0.25, 0.3) is 0 Å². The van der Waals surface area contributed by atoms with Gasteiger partial charge in [-0.1, -0.05) is 251 Å². The minimum Gasteiger partial charge on any atom is -0.463 e. The third-order valence-electron chi connectivity index (χ3n) is 19.0. The second-order valence-electron chi connectivity index (χ2n) is 27.7. The van der Waals surface area contributed by atoms with E-state index in [1.807, 2.05) is 0 Å². The number of rotatable bonds is 60. The van der Waals surface area contributed by atoms with Gasteiger partial charge in [-0.25, -0.2) is 4.57 Å². The first kappa shape index (κ1) is 89.9. The van der Waals surface area contributed by atoms with Crippen molar-refractivity contribution < 1.29 is 117 Å². The SMILES string of the molecule is CCCCCC/C=C\CCCCCCCCCC(=O)OC(COC(=O)CCCCCCCCCCCCCCCCCCC)COP(=O)(O)OC1C(OC2OC(CO)C(O)C(O)C2O)C(O)C(O)C(O)C1OC1OC(COC(=O)CCCCCCCCCCCCC)C(O)C(O)C1O. The normalized spacial score (nSPS) is 27.7. The minimum atomic E-state index is -5.69. The molecule has 11 N–H and O–H groups in total. The van der Waals surface area contributed by atoms with E-state index in [4.69, 9.17) is 42.2 Å². The molecule has 0 radical (unpaired) electrons. The molecule has 0 aromatic carbocycles. The van der Waals surface area contributed by atoms with Crippen molar-refractivity contribution in [3.05, 3.63) is 12.2 Å². The first-order valence-corrected chi connectivity index (χ1v) is 40.0. The number of carbonyl (C=O) groups is 3. The lowest BCUT2D eigenvalue weighted by Crippen LogP contribution is -2.69. The first-order chi connectivity index (χ1) is 47.3. The smallest absolute Gasteiger partial charge is 0.463 e. The molecule has 576 valence electrons. The molecule has 3 rings (SSSR count). The van der Waals surface area contributed by atoms with Crippen LogP contribution < -0.4 is 0 Å². The van der Waals surface area contributed by atoms with E-state index in [9.17, 15) is 74.9 Å². The fourth-order valence-corrected chi connectivity index (χ4v) is 13.7. The van der Waals surface area contributed by atoms with Gasteiger partial charge < -0.3 is 89.1 Å². The van der Waals surface area contributed by atoms with Crippen LogP contribution >= 0.6 is 7.82 Å². The van der Waals surface area contributed by atoms with Crippen LogP contribution in [-0.4, -0.2) is 204 Å². The van der Waals surface area contributed by atoms with E-state index >= 15 is 0 Å². The Morgan fingerprint density at radius 1 is 0.388 bits per heavy atom. The number of allylic oxidation sites excluding steroid dienone is 2. The lowest BCUT2D eigenvalue weighted by Gasteiger charge is -2.49. The second-order valence-corrected chi connectivity index (χ2v) is 29.1. The number of carbonyl (C=O) groups excluding carboxylic acids is 3. The van der Waals surface area contributed by atoms with Crippen molar-refractivity contribution in [1.82, 2.24) is 0 Å². The molecule has 1 saturated carbocycles. The molecule has 25 heteroatoms. The summed E-state index contributed by atoms with van der Waals surface area (Å²) in [5.41, 5.74) is 0. The van der Waals surface area contributed by atoms with Crippen molar-refractivity contribution >= 4 is 25.7 Å². The summed E-state index contributed by atoms with van der Waals surface area (Å²) in [5, 5.41) is 110. The molecule has 2 saturated heterocycles. The van der Waals surface area contributed by atoms with Gasteiger partial charge in [0, 0.05) is 19.3 Å². The number of esters is 3. The van der Waals surface area contributed by atoms with Crippen LogP contribution in [0.4, 0.5) is 0 Å². The quantitative estimate of drug-likeness (QED) is 0.00886. The highest BCUT2D eigenvalue weighted by atomic mass is 31.2. The fraction of sp³-hybridized carbons (Fsp3) is 0.932. The van der Waals surface area contributed by atoms with E-state index in [-0.39, 0.29) is 19.3 Å². The van der Waals surface area contributed by atoms with E-state index in [0.29, 0.717) is 19.3 Å². The number of hydrogen-bond acceptors (Lipinski definition) is 23. The van der Waals surface area contributed by atoms with Gasteiger partial charge in [0.1, 0.15) is 98.7 Å². The molecule has 0 aromatic heterocycles. The zero-order valence-electron chi connectivity index (χ0n) is 60.1. The summed E-state index contributed by atoms with van der Waals surface area (Å²) in [5.74, 6) is -1.98. The molecular formula is C73H135O24P. The predicted molar refractivity (Wildman–Crippen MR) is 370 cm³/mol. The lowest BCUT2D eigenvalue weighted by molar-refractivity contribution is -0.360. The molecule has 3 fully saturated rings. The van der Waals surface area contributed by atoms with Crippen molar-refractivity contribution in [3.63, 3.8) is 0 Å². The molecule has 0 aromatic rings. The Kier molecular flexibility index (Phi) is 50.7. The fourth-order valence-electron chi connectivity index (χ4n) is 12.8. The molecule has 1 aliphatic carbocycles. The minimum absolute atomic E-state index is 0.0315. The van der Waals surface area contributed by atoms with Crippen molar-refractivity contribution in [3.8, 4) is 0 Å². The van der Waals surface area contributed by atoms with E-state index in [1.165, 1.54) is 135 Å². The Bertz CT molecular complexity index is 2080. The number of aliphatic hydroxyl groups excluding tert-OH is 10. The van der Waals surface area contributed by atoms with Gasteiger partial charge in [-0.15, -0.1) is 0 Å². The highest BCUT2D eigenvalue weighted by Crippen LogP contribution is 2.49. The average Bonchev–Trinajstić information content (AvgIpc) is 0.760. The number of unbranched alkanes of at least 4 members (excludes halogenated alkanes) is 37. The Labute approximate surface area is 586 Å². The van der Waals surface area contributed by atoms with Crippen molar-refractivity contribution in [2.75, 3.05) is 26.4 Å². The van der Waals surface area contributed by atoms with E-state index in [1.54, 1.807) is 0 Å². The van der Waals surface area contributed by atoms with Gasteiger partial charge in [0.2, 0.25) is 0 Å². The van der Waals surface area contributed by atoms with E-state index in [0.717, 1.165) is 109 Å². The summed E-state index contributed by atoms with van der Waals surface area (Å²) >= 11 is 0. The molecule has 18 unspecified atom stereocenters. The maximum Gasteiger partial charge on any atom is 0.472 e. The number of phosphoric ester groups is 1. The third kappa shape index (κ3) is 37.9. The van der Waals surface area contributed by atoms with Crippen LogP contribution in [0.2, 0.25) is 0 Å². The zero-order valence-corrected chi connectivity index (χ0v) is 61.0. The van der Waals surface area contributed by atoms with Crippen LogP contribution in [0.5, 0.6) is 0 Å². The average molecular weight is 1430 g/mol. The number of ether oxygens (including phenoxy) is 7. The highest BCUT2D eigenvalue weighted by molar-refractivity contribution is 7.47. The summed E-state index contributed by atoms with van der Waals surface area (Å²) < 4.78 is 65.0. The van der Waals surface area contributed by atoms with Crippen LogP contribution in [0, 0.1) is 0 Å². The van der Waals surface area contributed by atoms with Gasteiger partial charge in [-0.3, -0.25) is 23.4 Å². The Morgan fingerprint density at radius 3 is 1.11 bits per heavy atom. The number of aliphatic hydroxyl groups is 10. The summed E-state index contributed by atoms with van der Waals surface area (Å²) in [7, 11) is -5.69. The highest BCUT2D eigenvalue weighted by Gasteiger charge is 2.58. The monoisotopic (exact) mass is 1430 g/mol. The summed E-state index contributed by atoms with van der Waals surface area (Å²) in [6.45, 7) is 3.44. The second kappa shape index (κ2) is 55.2. The zero-order chi connectivity index (χ0) is 71.8. The molecule has 0 amide bonds. The van der Waals surface area contributed by atoms with Gasteiger partial charge in [-0.2, -0.15) is 0 Å². The topological polar surface area (TPSA) is 374 Å². The first-order valence-electron chi connectivity index (χ1n) is 38.5. The van der Waals surface area contributed by atoms with Gasteiger partial charge in [0.15, 0.2) is 18.7 Å². The molecular weight excluding hydrogens is 1290 g/mol. The molecule has 24 nitrogen and oxygen atoms in total. The molecule has 2 aliphatic heterocycles. The molecule has 18 atom stereocenters. The Morgan fingerprint density at radius 2 is 0.714 bits per heavy atom. The number of phosphoric acid groups is 1. The maximum absolute atomic E-state index is 14.3. The van der Waals surface area contributed by atoms with Gasteiger partial charge >= 0.3 is 25.7 Å². The van der Waals surface area contributed by atoms with Crippen LogP contribution in [0.15, 0.2) is 12.2 Å². The summed E-state index contributed by atoms with van der Waals surface area (Å²) in [4.78, 5) is 51.0. The Hall–Kier alpha value is -2.30. The number of hydrogen-bond donors (Lipinski definition) is 11. The summed E-state index contributed by atoms with van der Waals surface area (Å²) in [6, 6.07) is 0. The van der Waals surface area contributed by atoms with Gasteiger partial charge in [-0.05, 0) is 44.9 Å². The van der Waals surface area contributed by atoms with Crippen molar-refractivity contribution in [2.24, 2.45) is 0 Å². The molecule has 2 heterocycles. The van der Waals surface area contributed by atoms with E-state index in [2.05, 4.69) is 32.9 Å². The maximum atomic E-state index is 14.3. The van der Waals surface area contributed by atoms with Gasteiger partial charge in [0.05, 0.1) is 13.2 Å². The standard InChI is InChI=1S/C73H135O24P/c1-4-7-10-13-16-19-22-24-26-27-29-30-33-36-38-41-44-47-57(75)89-51-54(92-59(77)49-46-43-40-37-34-31-28-25-23-20-17-14-11-8-5-2)52-91-98(87,88)97-71-69(95-72-67(85)62(80)60(78)55(50-74)93-72)65(83)64(82)66(84)70(71)96-73-68(86)63(81)61(79)56(94-73)53-90-58(76)48-45-42-39-35-32-21-18-15-12-9-6-3/h20,23,54-56,60-74,78-86H,4-19,21-22,24-53H2,1-3H3,(H,87,88)/b23-20-. The van der Waals surface area contributed by atoms with Gasteiger partial charge in [0.25, 0.3) is 0 Å².